The first-order valence-electron chi connectivity index (χ1n) is 3.37. The molecule has 0 amide bonds. The Labute approximate surface area is 56.9 Å². The molecule has 54 valence electrons. The molecule has 0 aromatic carbocycles. The largest absolute Gasteiger partial charge is 0.330 e. The first kappa shape index (κ1) is 8.66. The Balaban J connectivity index is 3.04. The van der Waals surface area contributed by atoms with Crippen LogP contribution in [0.15, 0.2) is 12.7 Å². The zero-order chi connectivity index (χ0) is 7.11. The third kappa shape index (κ3) is 5.53. The summed E-state index contributed by atoms with van der Waals surface area (Å²) in [4.78, 5) is 0. The molecule has 1 atom stereocenters. The minimum absolute atomic E-state index is 0.269. The summed E-state index contributed by atoms with van der Waals surface area (Å²) in [6.45, 7) is 4.34. The summed E-state index contributed by atoms with van der Waals surface area (Å²) < 4.78 is 0. The van der Waals surface area contributed by atoms with Gasteiger partial charge in [-0.2, -0.15) is 0 Å². The lowest BCUT2D eigenvalue weighted by Crippen LogP contribution is -2.19. The second kappa shape index (κ2) is 5.79. The molecule has 2 heteroatoms. The number of hydrogen-bond donors (Lipinski definition) is 2. The van der Waals surface area contributed by atoms with Gasteiger partial charge in [-0.3, -0.25) is 0 Å². The first-order chi connectivity index (χ1) is 4.31. The monoisotopic (exact) mass is 128 g/mol. The third-order valence-corrected chi connectivity index (χ3v) is 1.25. The van der Waals surface area contributed by atoms with Crippen molar-refractivity contribution in [2.45, 2.75) is 25.3 Å². The minimum atomic E-state index is 0.269. The molecule has 0 radical (unpaired) electrons. The number of nitrogens with two attached hydrogens (primary N) is 2. The molecule has 4 N–H and O–H groups in total. The smallest absolute Gasteiger partial charge is 0.00737 e. The quantitative estimate of drug-likeness (QED) is 0.533. The maximum atomic E-state index is 5.64. The van der Waals surface area contributed by atoms with Gasteiger partial charge in [-0.1, -0.05) is 6.08 Å². The molecule has 2 nitrogen and oxygen atoms in total. The Morgan fingerprint density at radius 1 is 1.56 bits per heavy atom. The summed E-state index contributed by atoms with van der Waals surface area (Å²) in [6, 6.07) is 0.269. The van der Waals surface area contributed by atoms with Crippen molar-refractivity contribution in [2.24, 2.45) is 11.5 Å². The molecule has 9 heavy (non-hydrogen) atoms. The summed E-state index contributed by atoms with van der Waals surface area (Å²) in [5.41, 5.74) is 10.9. The SMILES string of the molecule is C=CCC(N)CCCN. The van der Waals surface area contributed by atoms with E-state index < -0.39 is 0 Å². The van der Waals surface area contributed by atoms with E-state index in [-0.39, 0.29) is 6.04 Å². The predicted octanol–water partition coefficient (Wildman–Crippen LogP) is 0.629. The van der Waals surface area contributed by atoms with Crippen LogP contribution in [0.25, 0.3) is 0 Å². The lowest BCUT2D eigenvalue weighted by Gasteiger charge is -2.05. The van der Waals surface area contributed by atoms with Crippen molar-refractivity contribution >= 4 is 0 Å². The lowest BCUT2D eigenvalue weighted by atomic mass is 10.1. The molecule has 0 aliphatic heterocycles. The van der Waals surface area contributed by atoms with Crippen LogP contribution >= 0.6 is 0 Å². The molecule has 0 aromatic rings. The Hall–Kier alpha value is -0.340. The van der Waals surface area contributed by atoms with E-state index >= 15 is 0 Å². The number of rotatable bonds is 5. The zero-order valence-electron chi connectivity index (χ0n) is 5.84. The van der Waals surface area contributed by atoms with E-state index in [4.69, 9.17) is 11.5 Å². The van der Waals surface area contributed by atoms with Crippen molar-refractivity contribution in [3.8, 4) is 0 Å². The average Bonchev–Trinajstić information content (AvgIpc) is 1.85. The highest BCUT2D eigenvalue weighted by molar-refractivity contribution is 4.74. The highest BCUT2D eigenvalue weighted by Gasteiger charge is 1.96. The van der Waals surface area contributed by atoms with Gasteiger partial charge in [0.05, 0.1) is 0 Å². The van der Waals surface area contributed by atoms with E-state index in [0.29, 0.717) is 0 Å². The van der Waals surface area contributed by atoms with E-state index in [1.54, 1.807) is 0 Å². The first-order valence-corrected chi connectivity index (χ1v) is 3.37. The molecular formula is C7H16N2. The van der Waals surface area contributed by atoms with Crippen LogP contribution in [0, 0.1) is 0 Å². The molecule has 1 unspecified atom stereocenters. The van der Waals surface area contributed by atoms with Crippen LogP contribution in [-0.4, -0.2) is 12.6 Å². The van der Waals surface area contributed by atoms with Gasteiger partial charge >= 0.3 is 0 Å². The second-order valence-corrected chi connectivity index (χ2v) is 2.22. The van der Waals surface area contributed by atoms with E-state index in [9.17, 15) is 0 Å². The predicted molar refractivity (Wildman–Crippen MR) is 41.1 cm³/mol. The molecule has 0 spiro atoms. The van der Waals surface area contributed by atoms with Crippen LogP contribution in [0.2, 0.25) is 0 Å². The summed E-state index contributed by atoms with van der Waals surface area (Å²) in [6.07, 6.45) is 4.79. The summed E-state index contributed by atoms with van der Waals surface area (Å²) in [5, 5.41) is 0. The van der Waals surface area contributed by atoms with Crippen LogP contribution in [0.3, 0.4) is 0 Å². The summed E-state index contributed by atoms with van der Waals surface area (Å²) >= 11 is 0. The molecule has 0 saturated carbocycles. The molecule has 0 saturated heterocycles. The van der Waals surface area contributed by atoms with Crippen LogP contribution in [-0.2, 0) is 0 Å². The van der Waals surface area contributed by atoms with Crippen molar-refractivity contribution in [1.29, 1.82) is 0 Å². The molecule has 0 aromatic heterocycles. The lowest BCUT2D eigenvalue weighted by molar-refractivity contribution is 0.594. The van der Waals surface area contributed by atoms with Crippen molar-refractivity contribution in [2.75, 3.05) is 6.54 Å². The van der Waals surface area contributed by atoms with Crippen LogP contribution in [0.1, 0.15) is 19.3 Å². The van der Waals surface area contributed by atoms with E-state index in [1.807, 2.05) is 6.08 Å². The van der Waals surface area contributed by atoms with Gasteiger partial charge in [0.2, 0.25) is 0 Å². The van der Waals surface area contributed by atoms with Crippen molar-refractivity contribution in [3.05, 3.63) is 12.7 Å². The molecule has 0 fully saturated rings. The van der Waals surface area contributed by atoms with Crippen LogP contribution < -0.4 is 11.5 Å². The van der Waals surface area contributed by atoms with Gasteiger partial charge in [-0.25, -0.2) is 0 Å². The fraction of sp³-hybridized carbons (Fsp3) is 0.714. The van der Waals surface area contributed by atoms with Gasteiger partial charge in [-0.15, -0.1) is 6.58 Å². The van der Waals surface area contributed by atoms with Crippen LogP contribution in [0.4, 0.5) is 0 Å². The van der Waals surface area contributed by atoms with Crippen LogP contribution in [0.5, 0.6) is 0 Å². The Bertz CT molecular complexity index is 71.3. The Morgan fingerprint density at radius 3 is 2.67 bits per heavy atom. The standard InChI is InChI=1S/C7H16N2/c1-2-4-7(9)5-3-6-8/h2,7H,1,3-6,8-9H2. The maximum Gasteiger partial charge on any atom is 0.00737 e. The van der Waals surface area contributed by atoms with Crippen molar-refractivity contribution < 1.29 is 0 Å². The fourth-order valence-corrected chi connectivity index (χ4v) is 0.712. The molecule has 0 bridgehead atoms. The third-order valence-electron chi connectivity index (χ3n) is 1.25. The van der Waals surface area contributed by atoms with Crippen molar-refractivity contribution in [3.63, 3.8) is 0 Å². The van der Waals surface area contributed by atoms with Gasteiger partial charge in [0.15, 0.2) is 0 Å². The Kier molecular flexibility index (Phi) is 5.57. The molecular weight excluding hydrogens is 112 g/mol. The molecule has 0 rings (SSSR count). The minimum Gasteiger partial charge on any atom is -0.330 e. The molecule has 0 heterocycles. The number of hydrogen-bond acceptors (Lipinski definition) is 2. The summed E-state index contributed by atoms with van der Waals surface area (Å²) in [7, 11) is 0. The van der Waals surface area contributed by atoms with Gasteiger partial charge < -0.3 is 11.5 Å². The highest BCUT2D eigenvalue weighted by Crippen LogP contribution is 1.97. The van der Waals surface area contributed by atoms with E-state index in [0.717, 1.165) is 25.8 Å². The van der Waals surface area contributed by atoms with Gasteiger partial charge in [0, 0.05) is 6.04 Å². The zero-order valence-corrected chi connectivity index (χ0v) is 5.84. The fourth-order valence-electron chi connectivity index (χ4n) is 0.712. The topological polar surface area (TPSA) is 52.0 Å². The average molecular weight is 128 g/mol. The summed E-state index contributed by atoms with van der Waals surface area (Å²) in [5.74, 6) is 0. The van der Waals surface area contributed by atoms with E-state index in [1.165, 1.54) is 0 Å². The highest BCUT2D eigenvalue weighted by atomic mass is 14.6. The van der Waals surface area contributed by atoms with Crippen molar-refractivity contribution in [1.82, 2.24) is 0 Å². The van der Waals surface area contributed by atoms with Gasteiger partial charge in [0.25, 0.3) is 0 Å². The molecule has 0 aliphatic carbocycles. The molecule has 0 aliphatic rings. The van der Waals surface area contributed by atoms with E-state index in [2.05, 4.69) is 6.58 Å². The normalized spacial score (nSPS) is 13.1. The van der Waals surface area contributed by atoms with Gasteiger partial charge in [-0.05, 0) is 25.8 Å². The van der Waals surface area contributed by atoms with Gasteiger partial charge in [0.1, 0.15) is 0 Å². The second-order valence-electron chi connectivity index (χ2n) is 2.22. The maximum absolute atomic E-state index is 5.64. The Morgan fingerprint density at radius 2 is 2.22 bits per heavy atom.